The molecule has 2 heteroatoms. The zero-order valence-electron chi connectivity index (χ0n) is 11.6. The molecule has 0 aliphatic carbocycles. The summed E-state index contributed by atoms with van der Waals surface area (Å²) in [7, 11) is 0. The van der Waals surface area contributed by atoms with E-state index in [1.54, 1.807) is 12.4 Å². The number of aromatic amines is 1. The van der Waals surface area contributed by atoms with Crippen molar-refractivity contribution in [1.29, 1.82) is 0 Å². The first-order valence-electron chi connectivity index (χ1n) is 6.92. The Hall–Kier alpha value is -2.87. The van der Waals surface area contributed by atoms with E-state index in [2.05, 4.69) is 58.5 Å². The molecule has 0 amide bonds. The molecule has 0 radical (unpaired) electrons. The second-order valence-electron chi connectivity index (χ2n) is 4.64. The average molecular weight is 272 g/mol. The van der Waals surface area contributed by atoms with Crippen molar-refractivity contribution in [3.63, 3.8) is 0 Å². The molecule has 0 atom stereocenters. The Morgan fingerprint density at radius 2 is 1.48 bits per heavy atom. The van der Waals surface area contributed by atoms with Gasteiger partial charge >= 0.3 is 0 Å². The predicted octanol–water partition coefficient (Wildman–Crippen LogP) is 4.92. The minimum absolute atomic E-state index is 1.17. The normalized spacial score (nSPS) is 9.90. The summed E-state index contributed by atoms with van der Waals surface area (Å²) >= 11 is 0. The molecule has 0 fully saturated rings. The number of hydrogen-bond donors (Lipinski definition) is 1. The molecule has 0 spiro atoms. The van der Waals surface area contributed by atoms with Crippen LogP contribution >= 0.6 is 0 Å². The van der Waals surface area contributed by atoms with Crippen LogP contribution in [0.1, 0.15) is 0 Å². The summed E-state index contributed by atoms with van der Waals surface area (Å²) in [4.78, 5) is 7.03. The van der Waals surface area contributed by atoms with Gasteiger partial charge in [0.15, 0.2) is 0 Å². The topological polar surface area (TPSA) is 28.7 Å². The monoisotopic (exact) mass is 272 g/mol. The molecule has 1 N–H and O–H groups in total. The molecule has 2 heterocycles. The molecule has 0 bridgehead atoms. The third-order valence-corrected chi connectivity index (χ3v) is 3.24. The molecule has 0 aliphatic rings. The lowest BCUT2D eigenvalue weighted by Crippen LogP contribution is -1.80. The van der Waals surface area contributed by atoms with Gasteiger partial charge < -0.3 is 4.98 Å². The Bertz CT molecular complexity index is 758. The van der Waals surface area contributed by atoms with Crippen LogP contribution in [0, 0.1) is 0 Å². The van der Waals surface area contributed by atoms with Crippen LogP contribution in [-0.4, -0.2) is 9.97 Å². The molecule has 2 nitrogen and oxygen atoms in total. The van der Waals surface area contributed by atoms with Crippen LogP contribution in [0.25, 0.3) is 22.0 Å². The van der Waals surface area contributed by atoms with Gasteiger partial charge in [0.2, 0.25) is 0 Å². The van der Waals surface area contributed by atoms with Crippen molar-refractivity contribution in [2.75, 3.05) is 0 Å². The van der Waals surface area contributed by atoms with E-state index in [1.807, 2.05) is 30.5 Å². The Kier molecular flexibility index (Phi) is 4.08. The second kappa shape index (κ2) is 6.53. The van der Waals surface area contributed by atoms with Crippen LogP contribution in [0.4, 0.5) is 0 Å². The Morgan fingerprint density at radius 3 is 2.14 bits per heavy atom. The summed E-state index contributed by atoms with van der Waals surface area (Å²) in [6.07, 6.45) is 5.46. The van der Waals surface area contributed by atoms with Gasteiger partial charge in [-0.25, -0.2) is 0 Å². The standard InChI is InChI=1S/C14H11N.C5H5N/c1-2-7-12-11(5-1)6-3-8-13(12)14-9-4-10-15-14;1-2-4-6-5-3-1/h1-10,15H;1-5H. The summed E-state index contributed by atoms with van der Waals surface area (Å²) in [6.45, 7) is 0. The van der Waals surface area contributed by atoms with E-state index in [-0.39, 0.29) is 0 Å². The van der Waals surface area contributed by atoms with E-state index < -0.39 is 0 Å². The molecule has 0 aliphatic heterocycles. The Morgan fingerprint density at radius 1 is 0.667 bits per heavy atom. The van der Waals surface area contributed by atoms with Crippen LogP contribution in [0.5, 0.6) is 0 Å². The summed E-state index contributed by atoms with van der Waals surface area (Å²) in [5, 5.41) is 2.58. The van der Waals surface area contributed by atoms with Crippen molar-refractivity contribution in [3.8, 4) is 11.3 Å². The second-order valence-corrected chi connectivity index (χ2v) is 4.64. The van der Waals surface area contributed by atoms with E-state index >= 15 is 0 Å². The van der Waals surface area contributed by atoms with Crippen molar-refractivity contribution in [2.45, 2.75) is 0 Å². The molecular weight excluding hydrogens is 256 g/mol. The zero-order valence-corrected chi connectivity index (χ0v) is 11.6. The number of pyridine rings is 1. The molecule has 4 rings (SSSR count). The molecule has 0 unspecified atom stereocenters. The Balaban J connectivity index is 0.000000186. The van der Waals surface area contributed by atoms with E-state index in [1.165, 1.54) is 22.0 Å². The quantitative estimate of drug-likeness (QED) is 0.523. The fourth-order valence-electron chi connectivity index (χ4n) is 2.27. The van der Waals surface area contributed by atoms with Crippen LogP contribution in [0.15, 0.2) is 91.4 Å². The van der Waals surface area contributed by atoms with Crippen LogP contribution in [0.2, 0.25) is 0 Å². The Labute approximate surface area is 124 Å². The van der Waals surface area contributed by atoms with Gasteiger partial charge in [-0.15, -0.1) is 0 Å². The molecular formula is C19H16N2. The molecule has 2 aromatic heterocycles. The zero-order chi connectivity index (χ0) is 14.3. The molecule has 0 saturated heterocycles. The highest BCUT2D eigenvalue weighted by atomic mass is 14.7. The number of nitrogens with one attached hydrogen (secondary N) is 1. The number of nitrogens with zero attached hydrogens (tertiary/aromatic N) is 1. The first-order valence-corrected chi connectivity index (χ1v) is 6.92. The van der Waals surface area contributed by atoms with Gasteiger partial charge in [0.25, 0.3) is 0 Å². The van der Waals surface area contributed by atoms with Crippen LogP contribution in [0.3, 0.4) is 0 Å². The van der Waals surface area contributed by atoms with Gasteiger partial charge in [0, 0.05) is 29.8 Å². The summed E-state index contributed by atoms with van der Waals surface area (Å²) in [5.41, 5.74) is 2.44. The third kappa shape index (κ3) is 3.18. The minimum Gasteiger partial charge on any atom is -0.361 e. The lowest BCUT2D eigenvalue weighted by molar-refractivity contribution is 1.33. The maximum Gasteiger partial charge on any atom is 0.0460 e. The van der Waals surface area contributed by atoms with Crippen molar-refractivity contribution >= 4 is 10.8 Å². The summed E-state index contributed by atoms with van der Waals surface area (Å²) in [5.74, 6) is 0. The molecule has 102 valence electrons. The van der Waals surface area contributed by atoms with Crippen molar-refractivity contribution in [1.82, 2.24) is 9.97 Å². The van der Waals surface area contributed by atoms with E-state index in [9.17, 15) is 0 Å². The molecule has 0 saturated carbocycles. The van der Waals surface area contributed by atoms with Gasteiger partial charge in [0.05, 0.1) is 0 Å². The molecule has 4 aromatic rings. The maximum absolute atomic E-state index is 3.78. The smallest absolute Gasteiger partial charge is 0.0460 e. The fraction of sp³-hybridized carbons (Fsp3) is 0. The van der Waals surface area contributed by atoms with E-state index in [0.717, 1.165) is 0 Å². The van der Waals surface area contributed by atoms with Gasteiger partial charge in [-0.05, 0) is 35.0 Å². The number of aromatic nitrogens is 2. The molecule has 2 aromatic carbocycles. The highest BCUT2D eigenvalue weighted by Crippen LogP contribution is 2.26. The van der Waals surface area contributed by atoms with Crippen LogP contribution < -0.4 is 0 Å². The van der Waals surface area contributed by atoms with E-state index in [0.29, 0.717) is 0 Å². The van der Waals surface area contributed by atoms with Gasteiger partial charge in [-0.3, -0.25) is 4.98 Å². The predicted molar refractivity (Wildman–Crippen MR) is 88.0 cm³/mol. The molecule has 21 heavy (non-hydrogen) atoms. The summed E-state index contributed by atoms with van der Waals surface area (Å²) < 4.78 is 0. The number of H-pyrrole nitrogens is 1. The van der Waals surface area contributed by atoms with Crippen molar-refractivity contribution in [2.24, 2.45) is 0 Å². The van der Waals surface area contributed by atoms with Crippen molar-refractivity contribution in [3.05, 3.63) is 91.4 Å². The highest BCUT2D eigenvalue weighted by molar-refractivity contribution is 5.95. The van der Waals surface area contributed by atoms with Gasteiger partial charge in [0.1, 0.15) is 0 Å². The largest absolute Gasteiger partial charge is 0.361 e. The van der Waals surface area contributed by atoms with Gasteiger partial charge in [-0.2, -0.15) is 0 Å². The van der Waals surface area contributed by atoms with Gasteiger partial charge in [-0.1, -0.05) is 48.5 Å². The lowest BCUT2D eigenvalue weighted by atomic mass is 10.0. The maximum atomic E-state index is 3.78. The number of hydrogen-bond acceptors (Lipinski definition) is 1. The SMILES string of the molecule is c1c[nH]c(-c2cccc3ccccc23)c1.c1ccncc1. The first kappa shape index (κ1) is 13.1. The lowest BCUT2D eigenvalue weighted by Gasteiger charge is -2.03. The van der Waals surface area contributed by atoms with Crippen LogP contribution in [-0.2, 0) is 0 Å². The minimum atomic E-state index is 1.17. The average Bonchev–Trinajstić information content (AvgIpc) is 3.11. The first-order chi connectivity index (χ1) is 10.4. The van der Waals surface area contributed by atoms with Crippen molar-refractivity contribution < 1.29 is 0 Å². The van der Waals surface area contributed by atoms with E-state index in [4.69, 9.17) is 0 Å². The highest BCUT2D eigenvalue weighted by Gasteiger charge is 2.02. The third-order valence-electron chi connectivity index (χ3n) is 3.24. The fourth-order valence-corrected chi connectivity index (χ4v) is 2.27. The number of benzene rings is 2. The number of rotatable bonds is 1. The number of fused-ring (bicyclic) bond motifs is 1. The summed E-state index contributed by atoms with van der Waals surface area (Å²) in [6, 6.07) is 24.7.